The molecule has 0 saturated carbocycles. The van der Waals surface area contributed by atoms with Crippen LogP contribution in [0, 0.1) is 0 Å². The van der Waals surface area contributed by atoms with Gasteiger partial charge in [0.05, 0.1) is 0 Å². The quantitative estimate of drug-likeness (QED) is 0.686. The molecule has 0 N–H and O–H groups in total. The van der Waals surface area contributed by atoms with Gasteiger partial charge in [-0.15, -0.1) is 0 Å². The van der Waals surface area contributed by atoms with E-state index >= 15 is 0 Å². The number of rotatable bonds is 5. The topological polar surface area (TPSA) is 18.5 Å². The summed E-state index contributed by atoms with van der Waals surface area (Å²) >= 11 is 0. The monoisotopic (exact) mass is 209 g/mol. The molecule has 2 nitrogen and oxygen atoms in total. The maximum atomic E-state index is 5.35. The Morgan fingerprint density at radius 1 is 1.14 bits per heavy atom. The standard InChI is InChI=1S/C11H17O2Si/c1-4-7-10-8-5-6-9-11(10)14(12-2)13-3/h5-6,8-9H,4,7H2,1-3H3. The van der Waals surface area contributed by atoms with Gasteiger partial charge in [0.1, 0.15) is 0 Å². The molecule has 0 aliphatic rings. The fourth-order valence-electron chi connectivity index (χ4n) is 1.51. The average molecular weight is 209 g/mol. The summed E-state index contributed by atoms with van der Waals surface area (Å²) in [5.74, 6) is 0. The van der Waals surface area contributed by atoms with E-state index in [1.807, 2.05) is 6.07 Å². The second kappa shape index (κ2) is 5.96. The van der Waals surface area contributed by atoms with Gasteiger partial charge in [0.25, 0.3) is 0 Å². The maximum absolute atomic E-state index is 5.35. The second-order valence-corrected chi connectivity index (χ2v) is 5.03. The molecule has 0 fully saturated rings. The van der Waals surface area contributed by atoms with Gasteiger partial charge in [0.15, 0.2) is 0 Å². The highest BCUT2D eigenvalue weighted by Crippen LogP contribution is 2.02. The summed E-state index contributed by atoms with van der Waals surface area (Å²) in [7, 11) is 2.17. The van der Waals surface area contributed by atoms with Crippen molar-refractivity contribution in [3.8, 4) is 0 Å². The van der Waals surface area contributed by atoms with E-state index in [1.54, 1.807) is 14.2 Å². The molecule has 1 aromatic carbocycles. The van der Waals surface area contributed by atoms with Crippen LogP contribution in [0.5, 0.6) is 0 Å². The van der Waals surface area contributed by atoms with Gasteiger partial charge in [-0.3, -0.25) is 0 Å². The predicted molar refractivity (Wildman–Crippen MR) is 59.8 cm³/mol. The van der Waals surface area contributed by atoms with Gasteiger partial charge in [-0.25, -0.2) is 0 Å². The summed E-state index contributed by atoms with van der Waals surface area (Å²) in [6.45, 7) is 2.18. The molecular formula is C11H17O2Si. The molecule has 1 aromatic rings. The Balaban J connectivity index is 2.92. The van der Waals surface area contributed by atoms with Crippen molar-refractivity contribution in [2.75, 3.05) is 14.2 Å². The maximum Gasteiger partial charge on any atom is 0.423 e. The molecule has 0 atom stereocenters. The third kappa shape index (κ3) is 2.67. The largest absolute Gasteiger partial charge is 0.423 e. The fraction of sp³-hybridized carbons (Fsp3) is 0.455. The number of benzene rings is 1. The van der Waals surface area contributed by atoms with E-state index in [1.165, 1.54) is 10.8 Å². The smallest absolute Gasteiger partial charge is 0.393 e. The van der Waals surface area contributed by atoms with Gasteiger partial charge in [0.2, 0.25) is 0 Å². The van der Waals surface area contributed by atoms with E-state index in [2.05, 4.69) is 25.1 Å². The van der Waals surface area contributed by atoms with Crippen LogP contribution in [0.1, 0.15) is 18.9 Å². The van der Waals surface area contributed by atoms with Crippen LogP contribution >= 0.6 is 0 Å². The Morgan fingerprint density at radius 3 is 2.36 bits per heavy atom. The Bertz CT molecular complexity index is 272. The Morgan fingerprint density at radius 2 is 1.79 bits per heavy atom. The van der Waals surface area contributed by atoms with Crippen LogP contribution in [0.25, 0.3) is 0 Å². The molecule has 77 valence electrons. The van der Waals surface area contributed by atoms with Crippen LogP contribution in [0.2, 0.25) is 0 Å². The van der Waals surface area contributed by atoms with E-state index in [0.29, 0.717) is 0 Å². The van der Waals surface area contributed by atoms with Gasteiger partial charge in [-0.05, 0) is 17.2 Å². The first-order valence-corrected chi connectivity index (χ1v) is 6.18. The lowest BCUT2D eigenvalue weighted by molar-refractivity contribution is 0.291. The van der Waals surface area contributed by atoms with Crippen molar-refractivity contribution >= 4 is 14.5 Å². The molecular weight excluding hydrogens is 192 g/mol. The third-order valence-corrected chi connectivity index (χ3v) is 3.80. The van der Waals surface area contributed by atoms with Crippen molar-refractivity contribution in [2.45, 2.75) is 19.8 Å². The minimum atomic E-state index is -1.25. The second-order valence-electron chi connectivity index (χ2n) is 3.10. The highest BCUT2D eigenvalue weighted by Gasteiger charge is 2.18. The van der Waals surface area contributed by atoms with Crippen LogP contribution in [0.4, 0.5) is 0 Å². The van der Waals surface area contributed by atoms with E-state index in [0.717, 1.165) is 12.8 Å². The zero-order chi connectivity index (χ0) is 10.4. The molecule has 14 heavy (non-hydrogen) atoms. The summed E-state index contributed by atoms with van der Waals surface area (Å²) < 4.78 is 10.7. The van der Waals surface area contributed by atoms with Gasteiger partial charge in [-0.1, -0.05) is 37.6 Å². The summed E-state index contributed by atoms with van der Waals surface area (Å²) in [5.41, 5.74) is 1.35. The summed E-state index contributed by atoms with van der Waals surface area (Å²) in [6, 6.07) is 8.37. The van der Waals surface area contributed by atoms with Gasteiger partial charge < -0.3 is 8.85 Å². The summed E-state index contributed by atoms with van der Waals surface area (Å²) in [5, 5.41) is 1.24. The number of hydrogen-bond donors (Lipinski definition) is 0. The fourth-order valence-corrected chi connectivity index (χ4v) is 2.82. The minimum Gasteiger partial charge on any atom is -0.393 e. The Kier molecular flexibility index (Phi) is 4.86. The van der Waals surface area contributed by atoms with Crippen molar-refractivity contribution in [1.29, 1.82) is 0 Å². The van der Waals surface area contributed by atoms with E-state index in [-0.39, 0.29) is 0 Å². The zero-order valence-electron chi connectivity index (χ0n) is 9.04. The average Bonchev–Trinajstić information content (AvgIpc) is 2.23. The predicted octanol–water partition coefficient (Wildman–Crippen LogP) is 1.63. The first-order chi connectivity index (χ1) is 6.83. The first kappa shape index (κ1) is 11.4. The summed E-state index contributed by atoms with van der Waals surface area (Å²) in [4.78, 5) is 0. The molecule has 0 unspecified atom stereocenters. The normalized spacial score (nSPS) is 10.9. The van der Waals surface area contributed by atoms with Gasteiger partial charge in [0, 0.05) is 14.2 Å². The molecule has 0 aliphatic heterocycles. The van der Waals surface area contributed by atoms with Crippen molar-refractivity contribution in [2.24, 2.45) is 0 Å². The first-order valence-electron chi connectivity index (χ1n) is 4.86. The minimum absolute atomic E-state index is 1.09. The van der Waals surface area contributed by atoms with Crippen molar-refractivity contribution in [3.63, 3.8) is 0 Å². The molecule has 0 aromatic heterocycles. The Hall–Kier alpha value is -0.643. The lowest BCUT2D eigenvalue weighted by atomic mass is 10.1. The molecule has 0 spiro atoms. The van der Waals surface area contributed by atoms with Crippen LogP contribution in [0.15, 0.2) is 24.3 Å². The zero-order valence-corrected chi connectivity index (χ0v) is 10.0. The van der Waals surface area contributed by atoms with Gasteiger partial charge in [-0.2, -0.15) is 0 Å². The molecule has 0 amide bonds. The number of hydrogen-bond acceptors (Lipinski definition) is 2. The van der Waals surface area contributed by atoms with Crippen LogP contribution < -0.4 is 5.19 Å². The molecule has 0 heterocycles. The summed E-state index contributed by atoms with van der Waals surface area (Å²) in [6.07, 6.45) is 2.25. The molecule has 1 rings (SSSR count). The molecule has 3 heteroatoms. The lowest BCUT2D eigenvalue weighted by Crippen LogP contribution is -2.37. The van der Waals surface area contributed by atoms with Crippen molar-refractivity contribution < 1.29 is 8.85 Å². The van der Waals surface area contributed by atoms with Crippen LogP contribution in [-0.2, 0) is 15.3 Å². The molecule has 1 radical (unpaired) electrons. The lowest BCUT2D eigenvalue weighted by Gasteiger charge is -2.13. The SMILES string of the molecule is CCCc1ccccc1[Si](OC)OC. The van der Waals surface area contributed by atoms with Crippen molar-refractivity contribution in [3.05, 3.63) is 29.8 Å². The van der Waals surface area contributed by atoms with E-state index < -0.39 is 9.28 Å². The molecule has 0 saturated heterocycles. The van der Waals surface area contributed by atoms with Crippen LogP contribution in [0.3, 0.4) is 0 Å². The highest BCUT2D eigenvalue weighted by molar-refractivity contribution is 6.61. The Labute approximate surface area is 87.7 Å². The van der Waals surface area contributed by atoms with E-state index in [4.69, 9.17) is 8.85 Å². The molecule has 0 bridgehead atoms. The number of aryl methyl sites for hydroxylation is 1. The molecule has 0 aliphatic carbocycles. The van der Waals surface area contributed by atoms with Crippen LogP contribution in [-0.4, -0.2) is 23.5 Å². The van der Waals surface area contributed by atoms with E-state index in [9.17, 15) is 0 Å². The highest BCUT2D eigenvalue weighted by atomic mass is 28.3. The third-order valence-electron chi connectivity index (χ3n) is 2.13. The van der Waals surface area contributed by atoms with Gasteiger partial charge >= 0.3 is 9.28 Å². The van der Waals surface area contributed by atoms with Crippen molar-refractivity contribution in [1.82, 2.24) is 0 Å².